The summed E-state index contributed by atoms with van der Waals surface area (Å²) in [6, 6.07) is 0. The van der Waals surface area contributed by atoms with Crippen LogP contribution in [0.1, 0.15) is 0 Å². The molecule has 12 heavy (non-hydrogen) atoms. The Kier molecular flexibility index (Phi) is 3.73. The summed E-state index contributed by atoms with van der Waals surface area (Å²) in [6.07, 6.45) is -4.90. The molecule has 0 aromatic rings. The van der Waals surface area contributed by atoms with E-state index in [0.717, 1.165) is 0 Å². The zero-order chi connectivity index (χ0) is 9.94. The number of carbonyl (C=O) groups excluding carboxylic acids is 1. The molecule has 0 aliphatic carbocycles. The van der Waals surface area contributed by atoms with E-state index in [1.54, 1.807) is 0 Å². The van der Waals surface area contributed by atoms with Gasteiger partial charge < -0.3 is 0 Å². The van der Waals surface area contributed by atoms with Gasteiger partial charge >= 0.3 is 74.8 Å². The van der Waals surface area contributed by atoms with Crippen molar-refractivity contribution in [2.45, 2.75) is 6.18 Å². The van der Waals surface area contributed by atoms with Crippen LogP contribution in [0, 0.1) is 0 Å². The number of alkyl halides is 3. The van der Waals surface area contributed by atoms with Crippen LogP contribution in [-0.4, -0.2) is 51.8 Å². The molecular weight excluding hydrogens is 240 g/mol. The van der Waals surface area contributed by atoms with Crippen molar-refractivity contribution in [3.63, 3.8) is 0 Å². The van der Waals surface area contributed by atoms with Crippen LogP contribution in [0.3, 0.4) is 0 Å². The number of nitrogens with zero attached hydrogens (tertiary/aromatic N) is 2. The van der Waals surface area contributed by atoms with Crippen molar-refractivity contribution < 1.29 is 18.0 Å². The molecule has 0 aliphatic rings. The first-order chi connectivity index (χ1) is 5.25. The summed E-state index contributed by atoms with van der Waals surface area (Å²) < 4.78 is 34.7. The van der Waals surface area contributed by atoms with Crippen LogP contribution in [0.2, 0.25) is 0 Å². The summed E-state index contributed by atoms with van der Waals surface area (Å²) in [6.45, 7) is 0. The van der Waals surface area contributed by atoms with E-state index in [-0.39, 0.29) is 4.73 Å². The average molecular weight is 246 g/mol. The van der Waals surface area contributed by atoms with Gasteiger partial charge in [-0.3, -0.25) is 0 Å². The van der Waals surface area contributed by atoms with Crippen molar-refractivity contribution in [3.8, 4) is 0 Å². The van der Waals surface area contributed by atoms with E-state index in [9.17, 15) is 18.0 Å². The summed E-state index contributed by atoms with van der Waals surface area (Å²) in [4.78, 5) is 14.3. The van der Waals surface area contributed by atoms with Crippen LogP contribution in [0.25, 0.3) is 0 Å². The molecule has 0 aromatic heterocycles. The topological polar surface area (TPSA) is 32.7 Å². The van der Waals surface area contributed by atoms with Gasteiger partial charge in [-0.05, 0) is 0 Å². The Morgan fingerprint density at radius 2 is 1.83 bits per heavy atom. The molecule has 0 saturated carbocycles. The van der Waals surface area contributed by atoms with E-state index in [1.807, 2.05) is 0 Å². The van der Waals surface area contributed by atoms with E-state index in [0.29, 0.717) is 0 Å². The Morgan fingerprint density at radius 3 is 2.08 bits per heavy atom. The monoisotopic (exact) mass is 247 g/mol. The number of aliphatic imine (C=N–C) groups is 1. The third-order valence-electron chi connectivity index (χ3n) is 0.822. The summed E-state index contributed by atoms with van der Waals surface area (Å²) in [5, 5.41) is 0. The number of hydrogen-bond acceptors (Lipinski definition) is 1. The fraction of sp³-hybridized carbons (Fsp3) is 0.600. The SMILES string of the molecule is CN(C)C([Se])=NC(=O)C(F)(F)F. The van der Waals surface area contributed by atoms with E-state index in [2.05, 4.69) is 21.0 Å². The number of amidine groups is 1. The van der Waals surface area contributed by atoms with Gasteiger partial charge in [-0.15, -0.1) is 0 Å². The first-order valence-electron chi connectivity index (χ1n) is 2.79. The number of rotatable bonds is 0. The van der Waals surface area contributed by atoms with Crippen molar-refractivity contribution in [1.82, 2.24) is 4.90 Å². The predicted molar refractivity (Wildman–Crippen MR) is 37.9 cm³/mol. The second-order valence-corrected chi connectivity index (χ2v) is 2.86. The molecule has 0 atom stereocenters. The number of hydrogen-bond donors (Lipinski definition) is 0. The summed E-state index contributed by atoms with van der Waals surface area (Å²) in [7, 11) is 2.94. The molecule has 3 nitrogen and oxygen atoms in total. The Bertz CT molecular complexity index is 211. The first-order valence-corrected chi connectivity index (χ1v) is 3.65. The molecule has 0 N–H and O–H groups in total. The van der Waals surface area contributed by atoms with E-state index < -0.39 is 12.1 Å². The van der Waals surface area contributed by atoms with Crippen molar-refractivity contribution in [3.05, 3.63) is 0 Å². The molecule has 0 fully saturated rings. The summed E-state index contributed by atoms with van der Waals surface area (Å²) in [5.41, 5.74) is 0. The fourth-order valence-electron chi connectivity index (χ4n) is 0.250. The molecule has 7 heteroatoms. The molecule has 1 radical (unpaired) electrons. The van der Waals surface area contributed by atoms with Gasteiger partial charge in [0, 0.05) is 0 Å². The Hall–Kier alpha value is -0.551. The average Bonchev–Trinajstić information content (AvgIpc) is 1.85. The van der Waals surface area contributed by atoms with Crippen LogP contribution in [0.15, 0.2) is 4.99 Å². The third-order valence-corrected chi connectivity index (χ3v) is 1.78. The predicted octanol–water partition coefficient (Wildman–Crippen LogP) is 0.161. The standard InChI is InChI=1S/C5H6F3N2OSe/c1-10(2)4(12)9-3(11)5(6,7)8/h1-2H3. The van der Waals surface area contributed by atoms with E-state index >= 15 is 0 Å². The van der Waals surface area contributed by atoms with Crippen LogP contribution in [0.5, 0.6) is 0 Å². The summed E-state index contributed by atoms with van der Waals surface area (Å²) in [5.74, 6) is -2.11. The van der Waals surface area contributed by atoms with Gasteiger partial charge in [0.2, 0.25) is 0 Å². The maximum atomic E-state index is 11.6. The van der Waals surface area contributed by atoms with Gasteiger partial charge in [0.25, 0.3) is 0 Å². The van der Waals surface area contributed by atoms with E-state index in [4.69, 9.17) is 0 Å². The minimum atomic E-state index is -4.90. The second kappa shape index (κ2) is 3.91. The zero-order valence-corrected chi connectivity index (χ0v) is 8.06. The fourth-order valence-corrected chi connectivity index (χ4v) is 0.424. The van der Waals surface area contributed by atoms with Gasteiger partial charge in [0.15, 0.2) is 0 Å². The Labute approximate surface area is 75.4 Å². The van der Waals surface area contributed by atoms with Crippen molar-refractivity contribution in [1.29, 1.82) is 0 Å². The van der Waals surface area contributed by atoms with Crippen LogP contribution in [0.4, 0.5) is 13.2 Å². The van der Waals surface area contributed by atoms with Crippen molar-refractivity contribution in [2.75, 3.05) is 14.1 Å². The maximum absolute atomic E-state index is 11.6. The van der Waals surface area contributed by atoms with Crippen LogP contribution in [-0.2, 0) is 4.79 Å². The molecule has 0 rings (SSSR count). The van der Waals surface area contributed by atoms with Crippen molar-refractivity contribution >= 4 is 26.7 Å². The normalized spacial score (nSPS) is 12.9. The molecule has 0 unspecified atom stereocenters. The first kappa shape index (κ1) is 11.4. The van der Waals surface area contributed by atoms with Gasteiger partial charge in [-0.25, -0.2) is 0 Å². The van der Waals surface area contributed by atoms with Crippen LogP contribution < -0.4 is 0 Å². The molecule has 0 aromatic carbocycles. The molecular formula is C5H6F3N2OSe. The molecule has 69 valence electrons. The molecule has 0 bridgehead atoms. The van der Waals surface area contributed by atoms with Gasteiger partial charge in [0.1, 0.15) is 0 Å². The van der Waals surface area contributed by atoms with E-state index in [1.165, 1.54) is 19.0 Å². The molecule has 0 saturated heterocycles. The Balaban J connectivity index is 4.46. The van der Waals surface area contributed by atoms with Crippen molar-refractivity contribution in [2.24, 2.45) is 4.99 Å². The zero-order valence-electron chi connectivity index (χ0n) is 6.34. The van der Waals surface area contributed by atoms with Gasteiger partial charge in [0.05, 0.1) is 0 Å². The van der Waals surface area contributed by atoms with Crippen LogP contribution >= 0.6 is 0 Å². The molecule has 0 aliphatic heterocycles. The van der Waals surface area contributed by atoms with Gasteiger partial charge in [-0.2, -0.15) is 0 Å². The molecule has 1 amide bonds. The number of carbonyl (C=O) groups is 1. The number of amides is 1. The quantitative estimate of drug-likeness (QED) is 0.346. The Morgan fingerprint density at radius 1 is 1.42 bits per heavy atom. The second-order valence-electron chi connectivity index (χ2n) is 2.09. The molecule has 0 spiro atoms. The van der Waals surface area contributed by atoms with Gasteiger partial charge in [-0.1, -0.05) is 0 Å². The number of halogens is 3. The third kappa shape index (κ3) is 3.73. The minimum absolute atomic E-state index is 0.0997. The summed E-state index contributed by atoms with van der Waals surface area (Å²) >= 11 is 2.23. The molecule has 0 heterocycles.